The van der Waals surface area contributed by atoms with Crippen LogP contribution >= 0.6 is 0 Å². The lowest BCUT2D eigenvalue weighted by Gasteiger charge is -2.41. The van der Waals surface area contributed by atoms with Gasteiger partial charge in [-0.05, 0) is 36.6 Å². The van der Waals surface area contributed by atoms with E-state index in [1.807, 2.05) is 30.3 Å². The van der Waals surface area contributed by atoms with Crippen molar-refractivity contribution >= 4 is 11.7 Å². The molecule has 0 aromatic carbocycles. The Morgan fingerprint density at radius 3 is 2.92 bits per heavy atom. The number of hydrogen-bond acceptors (Lipinski definition) is 5. The number of nitrogens with zero attached hydrogens (tertiary/aromatic N) is 4. The van der Waals surface area contributed by atoms with Gasteiger partial charge in [-0.15, -0.1) is 0 Å². The number of amides is 1. The first-order valence-corrected chi connectivity index (χ1v) is 8.57. The number of likely N-dealkylation sites (N-methyl/N-ethyl adjacent to an activating group) is 1. The first kappa shape index (κ1) is 17.4. The normalized spacial score (nSPS) is 20.3. The maximum absolute atomic E-state index is 12.4. The van der Waals surface area contributed by atoms with E-state index < -0.39 is 5.60 Å². The van der Waals surface area contributed by atoms with E-state index in [1.54, 1.807) is 30.5 Å². The second kappa shape index (κ2) is 7.61. The molecule has 1 N–H and O–H groups in total. The van der Waals surface area contributed by atoms with Crippen molar-refractivity contribution in [3.8, 4) is 0 Å². The topological polar surface area (TPSA) is 69.6 Å². The zero-order valence-electron chi connectivity index (χ0n) is 14.5. The van der Waals surface area contributed by atoms with Crippen molar-refractivity contribution in [1.82, 2.24) is 14.9 Å². The Hall–Kier alpha value is -2.47. The predicted molar refractivity (Wildman–Crippen MR) is 96.2 cm³/mol. The average Bonchev–Trinajstić information content (AvgIpc) is 2.63. The summed E-state index contributed by atoms with van der Waals surface area (Å²) in [5.41, 5.74) is -0.0418. The molecule has 6 nitrogen and oxygen atoms in total. The predicted octanol–water partition coefficient (Wildman–Crippen LogP) is 1.51. The molecule has 2 aromatic heterocycles. The smallest absolute Gasteiger partial charge is 0.226 e. The zero-order chi connectivity index (χ0) is 17.7. The molecule has 3 heterocycles. The fraction of sp³-hybridized carbons (Fsp3) is 0.421. The maximum atomic E-state index is 12.4. The molecule has 0 unspecified atom stereocenters. The Labute approximate surface area is 148 Å². The molecule has 1 atom stereocenters. The van der Waals surface area contributed by atoms with Crippen LogP contribution in [0.3, 0.4) is 0 Å². The number of aromatic nitrogens is 2. The third-order valence-corrected chi connectivity index (χ3v) is 4.56. The van der Waals surface area contributed by atoms with Crippen LogP contribution in [0, 0.1) is 0 Å². The first-order valence-electron chi connectivity index (χ1n) is 8.57. The van der Waals surface area contributed by atoms with Gasteiger partial charge in [0, 0.05) is 38.7 Å². The second-order valence-electron chi connectivity index (χ2n) is 6.73. The summed E-state index contributed by atoms with van der Waals surface area (Å²) in [6.45, 7) is 1.66. The number of carbonyl (C=O) groups is 1. The number of anilines is 1. The van der Waals surface area contributed by atoms with E-state index in [1.165, 1.54) is 0 Å². The van der Waals surface area contributed by atoms with Crippen LogP contribution in [0.5, 0.6) is 0 Å². The van der Waals surface area contributed by atoms with E-state index >= 15 is 0 Å². The number of piperidine rings is 1. The molecule has 1 fully saturated rings. The van der Waals surface area contributed by atoms with Crippen LogP contribution in [0.2, 0.25) is 0 Å². The molecule has 0 spiro atoms. The third kappa shape index (κ3) is 4.54. The molecule has 0 aliphatic carbocycles. The lowest BCUT2D eigenvalue weighted by Crippen LogP contribution is -2.55. The van der Waals surface area contributed by atoms with Gasteiger partial charge in [0.25, 0.3) is 0 Å². The van der Waals surface area contributed by atoms with Crippen LogP contribution in [0.15, 0.2) is 48.9 Å². The van der Waals surface area contributed by atoms with Gasteiger partial charge in [0.15, 0.2) is 0 Å². The van der Waals surface area contributed by atoms with Gasteiger partial charge in [0.05, 0.1) is 18.6 Å². The van der Waals surface area contributed by atoms with E-state index in [9.17, 15) is 9.90 Å². The van der Waals surface area contributed by atoms with Gasteiger partial charge < -0.3 is 14.9 Å². The lowest BCUT2D eigenvalue weighted by molar-refractivity contribution is -0.132. The summed E-state index contributed by atoms with van der Waals surface area (Å²) in [7, 11) is 1.75. The lowest BCUT2D eigenvalue weighted by atomic mass is 9.92. The van der Waals surface area contributed by atoms with Crippen LogP contribution in [0.4, 0.5) is 5.82 Å². The van der Waals surface area contributed by atoms with Crippen molar-refractivity contribution < 1.29 is 9.90 Å². The van der Waals surface area contributed by atoms with E-state index in [0.29, 0.717) is 25.9 Å². The Morgan fingerprint density at radius 1 is 1.32 bits per heavy atom. The summed E-state index contributed by atoms with van der Waals surface area (Å²) >= 11 is 0. The zero-order valence-corrected chi connectivity index (χ0v) is 14.5. The fourth-order valence-corrected chi connectivity index (χ4v) is 3.32. The summed E-state index contributed by atoms with van der Waals surface area (Å²) in [5.74, 6) is 0.848. The Balaban J connectivity index is 1.61. The van der Waals surface area contributed by atoms with Gasteiger partial charge in [0.1, 0.15) is 5.82 Å². The number of pyridine rings is 2. The molecule has 6 heteroatoms. The van der Waals surface area contributed by atoms with Gasteiger partial charge in [-0.25, -0.2) is 4.98 Å². The summed E-state index contributed by atoms with van der Waals surface area (Å²) in [6.07, 6.45) is 6.99. The molecular weight excluding hydrogens is 316 g/mol. The van der Waals surface area contributed by atoms with Crippen molar-refractivity contribution in [3.63, 3.8) is 0 Å². The number of rotatable bonds is 5. The molecule has 2 aromatic rings. The van der Waals surface area contributed by atoms with Crippen molar-refractivity contribution in [2.45, 2.75) is 24.9 Å². The molecular formula is C19H24N4O2. The van der Waals surface area contributed by atoms with Gasteiger partial charge >= 0.3 is 0 Å². The summed E-state index contributed by atoms with van der Waals surface area (Å²) < 4.78 is 0. The second-order valence-corrected chi connectivity index (χ2v) is 6.73. The van der Waals surface area contributed by atoms with Crippen LogP contribution in [0.25, 0.3) is 0 Å². The van der Waals surface area contributed by atoms with E-state index in [0.717, 1.165) is 24.3 Å². The van der Waals surface area contributed by atoms with Crippen LogP contribution < -0.4 is 4.90 Å². The SMILES string of the molecule is CN(C[C@@]1(O)CCCN(c2ccccn2)C1)C(=O)Cc1cccnc1. The molecule has 132 valence electrons. The first-order chi connectivity index (χ1) is 12.1. The van der Waals surface area contributed by atoms with Crippen LogP contribution in [0.1, 0.15) is 18.4 Å². The molecule has 1 aliphatic rings. The molecule has 0 saturated carbocycles. The Bertz CT molecular complexity index is 695. The van der Waals surface area contributed by atoms with Crippen LogP contribution in [-0.4, -0.2) is 58.2 Å². The monoisotopic (exact) mass is 340 g/mol. The van der Waals surface area contributed by atoms with Gasteiger partial charge in [-0.3, -0.25) is 9.78 Å². The largest absolute Gasteiger partial charge is 0.386 e. The maximum Gasteiger partial charge on any atom is 0.226 e. The quantitative estimate of drug-likeness (QED) is 0.893. The molecule has 1 aliphatic heterocycles. The third-order valence-electron chi connectivity index (χ3n) is 4.56. The highest BCUT2D eigenvalue weighted by atomic mass is 16.3. The van der Waals surface area contributed by atoms with Crippen molar-refractivity contribution in [3.05, 3.63) is 54.5 Å². The number of hydrogen-bond donors (Lipinski definition) is 1. The fourth-order valence-electron chi connectivity index (χ4n) is 3.32. The van der Waals surface area contributed by atoms with Crippen molar-refractivity contribution in [1.29, 1.82) is 0 Å². The van der Waals surface area contributed by atoms with E-state index in [4.69, 9.17) is 0 Å². The number of aliphatic hydroxyl groups is 1. The van der Waals surface area contributed by atoms with Gasteiger partial charge in [-0.2, -0.15) is 0 Å². The standard InChI is InChI=1S/C19H24N4O2/c1-22(18(24)12-16-6-4-9-20-13-16)14-19(25)8-5-11-23(15-19)17-7-2-3-10-21-17/h2-4,6-7,9-10,13,25H,5,8,11-12,14-15H2,1H3/t19-/m0/s1. The average molecular weight is 340 g/mol. The molecule has 3 rings (SSSR count). The van der Waals surface area contributed by atoms with Gasteiger partial charge in [0.2, 0.25) is 5.91 Å². The molecule has 0 radical (unpaired) electrons. The summed E-state index contributed by atoms with van der Waals surface area (Å²) in [4.78, 5) is 24.5. The van der Waals surface area contributed by atoms with E-state index in [-0.39, 0.29) is 5.91 Å². The molecule has 1 saturated heterocycles. The highest BCUT2D eigenvalue weighted by molar-refractivity contribution is 5.78. The summed E-state index contributed by atoms with van der Waals surface area (Å²) in [6, 6.07) is 9.48. The summed E-state index contributed by atoms with van der Waals surface area (Å²) in [5, 5.41) is 11.0. The molecule has 0 bridgehead atoms. The minimum Gasteiger partial charge on any atom is -0.386 e. The van der Waals surface area contributed by atoms with Crippen LogP contribution in [-0.2, 0) is 11.2 Å². The Morgan fingerprint density at radius 2 is 2.20 bits per heavy atom. The molecule has 1 amide bonds. The van der Waals surface area contributed by atoms with Crippen molar-refractivity contribution in [2.24, 2.45) is 0 Å². The number of β-amino-alcohol motifs (C(OH)–C–C–N with tert-alkyl or cyclic N) is 1. The highest BCUT2D eigenvalue weighted by Gasteiger charge is 2.35. The minimum atomic E-state index is -0.922. The van der Waals surface area contributed by atoms with Gasteiger partial charge in [-0.1, -0.05) is 12.1 Å². The molecule has 25 heavy (non-hydrogen) atoms. The highest BCUT2D eigenvalue weighted by Crippen LogP contribution is 2.25. The Kier molecular flexibility index (Phi) is 5.28. The number of carbonyl (C=O) groups excluding carboxylic acids is 1. The van der Waals surface area contributed by atoms with Crippen molar-refractivity contribution in [2.75, 3.05) is 31.6 Å². The minimum absolute atomic E-state index is 0.0172. The van der Waals surface area contributed by atoms with E-state index in [2.05, 4.69) is 14.9 Å².